The standard InChI is InChI=1S/C20H26F3N3O/c21-20(22,23)16-26-14-4-6-19(24-26)17-7-9-18(10-8-17)27-15-5-13-25-11-2-1-3-12-25/h4,6-10,14,24H,1-3,5,11-13,15-16H2. The Morgan fingerprint density at radius 2 is 1.78 bits per heavy atom. The second-order valence-corrected chi connectivity index (χ2v) is 6.91. The summed E-state index contributed by atoms with van der Waals surface area (Å²) in [5.41, 5.74) is 4.21. The van der Waals surface area contributed by atoms with E-state index in [2.05, 4.69) is 10.3 Å². The van der Waals surface area contributed by atoms with Crippen molar-refractivity contribution in [2.45, 2.75) is 31.9 Å². The Labute approximate surface area is 158 Å². The molecule has 0 bridgehead atoms. The Bertz CT molecular complexity index is 649. The largest absolute Gasteiger partial charge is 0.494 e. The average molecular weight is 381 g/mol. The van der Waals surface area contributed by atoms with Crippen LogP contribution in [0, 0.1) is 0 Å². The van der Waals surface area contributed by atoms with Gasteiger partial charge in [0.2, 0.25) is 0 Å². The van der Waals surface area contributed by atoms with E-state index in [1.165, 1.54) is 38.6 Å². The molecule has 1 fully saturated rings. The number of hydrogen-bond acceptors (Lipinski definition) is 4. The molecule has 0 saturated carbocycles. The average Bonchev–Trinajstić information content (AvgIpc) is 2.65. The predicted molar refractivity (Wildman–Crippen MR) is 99.9 cm³/mol. The number of hydrogen-bond donors (Lipinski definition) is 1. The van der Waals surface area contributed by atoms with Crippen molar-refractivity contribution in [2.75, 3.05) is 32.8 Å². The van der Waals surface area contributed by atoms with Gasteiger partial charge < -0.3 is 9.64 Å². The fraction of sp³-hybridized carbons (Fsp3) is 0.500. The van der Waals surface area contributed by atoms with Gasteiger partial charge in [-0.3, -0.25) is 10.4 Å². The number of nitrogens with one attached hydrogen (secondary N) is 1. The van der Waals surface area contributed by atoms with E-state index < -0.39 is 12.7 Å². The summed E-state index contributed by atoms with van der Waals surface area (Å²) in [5.74, 6) is 0.775. The number of alkyl halides is 3. The Morgan fingerprint density at radius 1 is 1.04 bits per heavy atom. The molecule has 1 aromatic carbocycles. The van der Waals surface area contributed by atoms with Gasteiger partial charge in [-0.15, -0.1) is 0 Å². The lowest BCUT2D eigenvalue weighted by atomic mass is 10.1. The molecular formula is C20H26F3N3O. The molecule has 0 radical (unpaired) electrons. The normalized spacial score (nSPS) is 18.2. The molecule has 148 valence electrons. The fourth-order valence-corrected chi connectivity index (χ4v) is 3.31. The van der Waals surface area contributed by atoms with Crippen LogP contribution in [-0.4, -0.2) is 48.9 Å². The molecule has 0 aromatic heterocycles. The topological polar surface area (TPSA) is 27.7 Å². The highest BCUT2D eigenvalue weighted by atomic mass is 19.4. The summed E-state index contributed by atoms with van der Waals surface area (Å²) in [7, 11) is 0. The van der Waals surface area contributed by atoms with Gasteiger partial charge in [0.25, 0.3) is 0 Å². The van der Waals surface area contributed by atoms with E-state index in [0.717, 1.165) is 29.3 Å². The van der Waals surface area contributed by atoms with Crippen LogP contribution in [0.4, 0.5) is 13.2 Å². The predicted octanol–water partition coefficient (Wildman–Crippen LogP) is 4.18. The van der Waals surface area contributed by atoms with Gasteiger partial charge in [-0.05, 0) is 74.3 Å². The van der Waals surface area contributed by atoms with Crippen LogP contribution >= 0.6 is 0 Å². The minimum Gasteiger partial charge on any atom is -0.494 e. The van der Waals surface area contributed by atoms with Crippen LogP contribution in [-0.2, 0) is 0 Å². The second-order valence-electron chi connectivity index (χ2n) is 6.91. The van der Waals surface area contributed by atoms with Crippen LogP contribution in [0.3, 0.4) is 0 Å². The summed E-state index contributed by atoms with van der Waals surface area (Å²) >= 11 is 0. The zero-order valence-corrected chi connectivity index (χ0v) is 15.3. The zero-order chi connectivity index (χ0) is 19.1. The number of rotatable bonds is 7. The van der Waals surface area contributed by atoms with Gasteiger partial charge in [0, 0.05) is 12.7 Å². The third-order valence-corrected chi connectivity index (χ3v) is 4.64. The Morgan fingerprint density at radius 3 is 2.48 bits per heavy atom. The summed E-state index contributed by atoms with van der Waals surface area (Å²) in [5, 5.41) is 1.03. The molecule has 27 heavy (non-hydrogen) atoms. The Balaban J connectivity index is 1.44. The lowest BCUT2D eigenvalue weighted by Crippen LogP contribution is -2.40. The zero-order valence-electron chi connectivity index (χ0n) is 15.3. The first-order chi connectivity index (χ1) is 13.0. The molecule has 1 N–H and O–H groups in total. The van der Waals surface area contributed by atoms with Crippen molar-refractivity contribution in [3.05, 3.63) is 48.2 Å². The number of likely N-dealkylation sites (tertiary alicyclic amines) is 1. The molecule has 2 aliphatic heterocycles. The van der Waals surface area contributed by atoms with E-state index in [1.807, 2.05) is 24.3 Å². The van der Waals surface area contributed by atoms with E-state index in [1.54, 1.807) is 12.2 Å². The molecule has 2 heterocycles. The van der Waals surface area contributed by atoms with Crippen molar-refractivity contribution in [2.24, 2.45) is 0 Å². The summed E-state index contributed by atoms with van der Waals surface area (Å²) < 4.78 is 43.4. The van der Waals surface area contributed by atoms with Gasteiger partial charge in [-0.1, -0.05) is 6.42 Å². The van der Waals surface area contributed by atoms with Crippen molar-refractivity contribution in [1.29, 1.82) is 0 Å². The number of piperidine rings is 1. The highest BCUT2D eigenvalue weighted by Gasteiger charge is 2.30. The molecule has 7 heteroatoms. The first kappa shape index (κ1) is 19.6. The lowest BCUT2D eigenvalue weighted by molar-refractivity contribution is -0.143. The van der Waals surface area contributed by atoms with Crippen molar-refractivity contribution in [3.63, 3.8) is 0 Å². The second kappa shape index (κ2) is 9.17. The molecule has 1 saturated heterocycles. The molecule has 0 spiro atoms. The maximum atomic E-state index is 12.5. The van der Waals surface area contributed by atoms with Crippen molar-refractivity contribution in [3.8, 4) is 5.75 Å². The number of allylic oxidation sites excluding steroid dienone is 2. The van der Waals surface area contributed by atoms with Gasteiger partial charge in [-0.25, -0.2) is 0 Å². The minimum atomic E-state index is -4.26. The lowest BCUT2D eigenvalue weighted by Gasteiger charge is -2.27. The van der Waals surface area contributed by atoms with Crippen LogP contribution in [0.5, 0.6) is 5.75 Å². The van der Waals surface area contributed by atoms with Gasteiger partial charge in [0.15, 0.2) is 0 Å². The third-order valence-electron chi connectivity index (χ3n) is 4.64. The van der Waals surface area contributed by atoms with Gasteiger partial charge in [0.05, 0.1) is 12.3 Å². The molecule has 1 aromatic rings. The molecule has 2 aliphatic rings. The first-order valence-corrected chi connectivity index (χ1v) is 9.44. The Hall–Kier alpha value is -2.15. The van der Waals surface area contributed by atoms with E-state index >= 15 is 0 Å². The van der Waals surface area contributed by atoms with Crippen molar-refractivity contribution >= 4 is 5.70 Å². The molecular weight excluding hydrogens is 355 g/mol. The molecule has 0 amide bonds. The van der Waals surface area contributed by atoms with Crippen LogP contribution in [0.1, 0.15) is 31.2 Å². The third kappa shape index (κ3) is 6.50. The molecule has 0 aliphatic carbocycles. The molecule has 0 atom stereocenters. The maximum absolute atomic E-state index is 12.5. The fourth-order valence-electron chi connectivity index (χ4n) is 3.31. The SMILES string of the molecule is FC(F)(F)CN1C=CC=C(c2ccc(OCCCN3CCCCC3)cc2)N1. The number of nitrogens with zero attached hydrogens (tertiary/aromatic N) is 2. The van der Waals surface area contributed by atoms with Crippen LogP contribution in [0.15, 0.2) is 42.6 Å². The first-order valence-electron chi connectivity index (χ1n) is 9.44. The van der Waals surface area contributed by atoms with E-state index in [4.69, 9.17) is 4.74 Å². The van der Waals surface area contributed by atoms with E-state index in [0.29, 0.717) is 12.3 Å². The summed E-state index contributed by atoms with van der Waals surface area (Å²) in [6, 6.07) is 7.41. The number of halogens is 3. The van der Waals surface area contributed by atoms with Crippen LogP contribution in [0.25, 0.3) is 5.70 Å². The number of ether oxygens (including phenoxy) is 1. The van der Waals surface area contributed by atoms with Gasteiger partial charge in [0.1, 0.15) is 12.3 Å². The number of benzene rings is 1. The minimum absolute atomic E-state index is 0.624. The number of hydrazine groups is 1. The van der Waals surface area contributed by atoms with Crippen LogP contribution in [0.2, 0.25) is 0 Å². The quantitative estimate of drug-likeness (QED) is 0.717. The summed E-state index contributed by atoms with van der Waals surface area (Å²) in [4.78, 5) is 2.48. The molecule has 4 nitrogen and oxygen atoms in total. The van der Waals surface area contributed by atoms with Gasteiger partial charge in [-0.2, -0.15) is 13.2 Å². The van der Waals surface area contributed by atoms with Crippen molar-refractivity contribution in [1.82, 2.24) is 15.3 Å². The molecule has 0 unspecified atom stereocenters. The highest BCUT2D eigenvalue weighted by Crippen LogP contribution is 2.22. The van der Waals surface area contributed by atoms with E-state index in [9.17, 15) is 13.2 Å². The highest BCUT2D eigenvalue weighted by molar-refractivity contribution is 5.66. The molecule has 3 rings (SSSR count). The van der Waals surface area contributed by atoms with Crippen molar-refractivity contribution < 1.29 is 17.9 Å². The summed E-state index contributed by atoms with van der Waals surface area (Å²) in [6.45, 7) is 3.07. The summed E-state index contributed by atoms with van der Waals surface area (Å²) in [6.07, 6.45) is 5.38. The van der Waals surface area contributed by atoms with Crippen LogP contribution < -0.4 is 10.2 Å². The van der Waals surface area contributed by atoms with E-state index in [-0.39, 0.29) is 0 Å². The smallest absolute Gasteiger partial charge is 0.407 e. The monoisotopic (exact) mass is 381 g/mol. The Kier molecular flexibility index (Phi) is 6.66. The van der Waals surface area contributed by atoms with Gasteiger partial charge >= 0.3 is 6.18 Å². The maximum Gasteiger partial charge on any atom is 0.407 e.